The number of nitrogens with one attached hydrogen (secondary N) is 2. The van der Waals surface area contributed by atoms with Gasteiger partial charge in [0.05, 0.1) is 24.5 Å². The zero-order valence-electron chi connectivity index (χ0n) is 16.8. The van der Waals surface area contributed by atoms with Gasteiger partial charge in [-0.15, -0.1) is 0 Å². The molecule has 2 aromatic carbocycles. The number of carbonyl (C=O) groups excluding carboxylic acids is 2. The Bertz CT molecular complexity index is 974. The van der Waals surface area contributed by atoms with Crippen molar-refractivity contribution in [1.29, 1.82) is 0 Å². The molecule has 2 N–H and O–H groups in total. The highest BCUT2D eigenvalue weighted by molar-refractivity contribution is 6.06. The van der Waals surface area contributed by atoms with Gasteiger partial charge in [0.15, 0.2) is 6.61 Å². The van der Waals surface area contributed by atoms with Gasteiger partial charge in [0, 0.05) is 5.71 Å². The molecule has 2 rings (SSSR count). The van der Waals surface area contributed by atoms with Crippen LogP contribution in [-0.2, 0) is 9.59 Å². The van der Waals surface area contributed by atoms with E-state index in [2.05, 4.69) is 15.8 Å². The number of rotatable bonds is 9. The smallest absolute Gasteiger partial charge is 0.296 e. The minimum absolute atomic E-state index is 0.0364. The van der Waals surface area contributed by atoms with Gasteiger partial charge in [-0.25, -0.2) is 5.43 Å². The maximum Gasteiger partial charge on any atom is 0.296 e. The molecule has 0 radical (unpaired) electrons. The van der Waals surface area contributed by atoms with Crippen LogP contribution in [0.4, 0.5) is 11.4 Å². The molecule has 10 nitrogen and oxygen atoms in total. The Morgan fingerprint density at radius 2 is 1.90 bits per heavy atom. The van der Waals surface area contributed by atoms with Crippen molar-refractivity contribution in [3.8, 4) is 11.5 Å². The minimum atomic E-state index is -0.617. The van der Waals surface area contributed by atoms with E-state index in [0.29, 0.717) is 17.2 Å². The molecule has 30 heavy (non-hydrogen) atoms. The molecule has 10 heteroatoms. The average Bonchev–Trinajstić information content (AvgIpc) is 2.71. The van der Waals surface area contributed by atoms with Gasteiger partial charge in [0.25, 0.3) is 11.6 Å². The molecular formula is C20H22N4O6. The normalized spacial score (nSPS) is 10.8. The number of methoxy groups -OCH3 is 1. The van der Waals surface area contributed by atoms with E-state index in [0.717, 1.165) is 5.56 Å². The van der Waals surface area contributed by atoms with Crippen LogP contribution < -0.4 is 20.2 Å². The molecule has 0 atom stereocenters. The third-order valence-corrected chi connectivity index (χ3v) is 3.92. The van der Waals surface area contributed by atoms with E-state index in [-0.39, 0.29) is 24.4 Å². The third-order valence-electron chi connectivity index (χ3n) is 3.92. The SMILES string of the molecule is COc1ccc(NC(=O)C/C(C)=N/NC(=O)COc2ccccc2C)c([N+](=O)[O-])c1. The van der Waals surface area contributed by atoms with Crippen molar-refractivity contribution in [3.05, 3.63) is 58.1 Å². The highest BCUT2D eigenvalue weighted by Crippen LogP contribution is 2.29. The van der Waals surface area contributed by atoms with Gasteiger partial charge in [0.2, 0.25) is 5.91 Å². The molecule has 0 saturated heterocycles. The highest BCUT2D eigenvalue weighted by Gasteiger charge is 2.17. The van der Waals surface area contributed by atoms with Crippen LogP contribution in [0.2, 0.25) is 0 Å². The first-order valence-electron chi connectivity index (χ1n) is 8.93. The Morgan fingerprint density at radius 1 is 1.17 bits per heavy atom. The number of nitro benzene ring substituents is 1. The molecule has 0 fully saturated rings. The molecule has 0 aliphatic carbocycles. The van der Waals surface area contributed by atoms with E-state index in [9.17, 15) is 19.7 Å². The maximum absolute atomic E-state index is 12.2. The molecule has 158 valence electrons. The fourth-order valence-corrected chi connectivity index (χ4v) is 2.41. The van der Waals surface area contributed by atoms with E-state index in [1.54, 1.807) is 19.1 Å². The molecule has 0 spiro atoms. The fourth-order valence-electron chi connectivity index (χ4n) is 2.41. The van der Waals surface area contributed by atoms with E-state index < -0.39 is 16.7 Å². The van der Waals surface area contributed by atoms with E-state index in [1.807, 2.05) is 19.1 Å². The first kappa shape index (κ1) is 22.3. The first-order chi connectivity index (χ1) is 14.3. The number of hydrazone groups is 1. The van der Waals surface area contributed by atoms with Crippen LogP contribution in [0.15, 0.2) is 47.6 Å². The van der Waals surface area contributed by atoms with Gasteiger partial charge in [-0.2, -0.15) is 5.10 Å². The zero-order chi connectivity index (χ0) is 22.1. The minimum Gasteiger partial charge on any atom is -0.496 e. The topological polar surface area (TPSA) is 132 Å². The lowest BCUT2D eigenvalue weighted by molar-refractivity contribution is -0.384. The number of nitro groups is 1. The van der Waals surface area contributed by atoms with Gasteiger partial charge in [-0.3, -0.25) is 19.7 Å². The van der Waals surface area contributed by atoms with E-state index >= 15 is 0 Å². The van der Waals surface area contributed by atoms with Crippen LogP contribution in [0.5, 0.6) is 11.5 Å². The largest absolute Gasteiger partial charge is 0.496 e. The number of hydrogen-bond donors (Lipinski definition) is 2. The van der Waals surface area contributed by atoms with Crippen LogP contribution >= 0.6 is 0 Å². The molecule has 0 aliphatic heterocycles. The summed E-state index contributed by atoms with van der Waals surface area (Å²) in [6, 6.07) is 11.4. The molecule has 0 unspecified atom stereocenters. The molecule has 0 bridgehead atoms. The molecule has 0 aromatic heterocycles. The van der Waals surface area contributed by atoms with Gasteiger partial charge < -0.3 is 14.8 Å². The van der Waals surface area contributed by atoms with E-state index in [1.165, 1.54) is 25.3 Å². The van der Waals surface area contributed by atoms with Crippen molar-refractivity contribution < 1.29 is 24.0 Å². The van der Waals surface area contributed by atoms with Gasteiger partial charge >= 0.3 is 0 Å². The highest BCUT2D eigenvalue weighted by atomic mass is 16.6. The predicted octanol–water partition coefficient (Wildman–Crippen LogP) is 2.81. The van der Waals surface area contributed by atoms with Gasteiger partial charge in [-0.1, -0.05) is 18.2 Å². The average molecular weight is 414 g/mol. The standard InChI is InChI=1S/C20H22N4O6/c1-13-6-4-5-7-18(13)30-12-20(26)23-22-14(2)10-19(25)21-16-9-8-15(29-3)11-17(16)24(27)28/h4-9,11H,10,12H2,1-3H3,(H,21,25)(H,23,26)/b22-14+. The number of aryl methyl sites for hydroxylation is 1. The van der Waals surface area contributed by atoms with Crippen LogP contribution in [0.3, 0.4) is 0 Å². The predicted molar refractivity (Wildman–Crippen MR) is 111 cm³/mol. The summed E-state index contributed by atoms with van der Waals surface area (Å²) in [6.07, 6.45) is -0.165. The van der Waals surface area contributed by atoms with Gasteiger partial charge in [-0.05, 0) is 37.6 Å². The second-order valence-corrected chi connectivity index (χ2v) is 6.30. The summed E-state index contributed by atoms with van der Waals surface area (Å²) in [5.74, 6) is -0.111. The molecule has 0 heterocycles. The second kappa shape index (κ2) is 10.6. The number of para-hydroxylation sites is 1. The number of nitrogens with zero attached hydrogens (tertiary/aromatic N) is 2. The van der Waals surface area contributed by atoms with Crippen LogP contribution in [-0.4, -0.2) is 36.2 Å². The molecule has 0 aliphatic rings. The summed E-state index contributed by atoms with van der Waals surface area (Å²) in [5.41, 5.74) is 3.26. The van der Waals surface area contributed by atoms with Gasteiger partial charge in [0.1, 0.15) is 17.2 Å². The van der Waals surface area contributed by atoms with Crippen LogP contribution in [0, 0.1) is 17.0 Å². The first-order valence-corrected chi connectivity index (χ1v) is 8.93. The maximum atomic E-state index is 12.2. The third kappa shape index (κ3) is 6.59. The summed E-state index contributed by atoms with van der Waals surface area (Å²) >= 11 is 0. The Morgan fingerprint density at radius 3 is 2.57 bits per heavy atom. The summed E-state index contributed by atoms with van der Waals surface area (Å²) in [5, 5.41) is 17.5. The Labute approximate surface area is 173 Å². The number of carbonyl (C=O) groups is 2. The molecule has 0 saturated carbocycles. The summed E-state index contributed by atoms with van der Waals surface area (Å²) in [6.45, 7) is 3.18. The lowest BCUT2D eigenvalue weighted by atomic mass is 10.2. The monoisotopic (exact) mass is 414 g/mol. The summed E-state index contributed by atoms with van der Waals surface area (Å²) < 4.78 is 10.4. The fraction of sp³-hybridized carbons (Fsp3) is 0.250. The number of hydrogen-bond acceptors (Lipinski definition) is 7. The lowest BCUT2D eigenvalue weighted by Crippen LogP contribution is -2.26. The zero-order valence-corrected chi connectivity index (χ0v) is 16.8. The van der Waals surface area contributed by atoms with Crippen molar-refractivity contribution in [3.63, 3.8) is 0 Å². The van der Waals surface area contributed by atoms with Crippen LogP contribution in [0.1, 0.15) is 18.9 Å². The van der Waals surface area contributed by atoms with Crippen molar-refractivity contribution >= 4 is 28.9 Å². The van der Waals surface area contributed by atoms with E-state index in [4.69, 9.17) is 9.47 Å². The number of amides is 2. The Kier molecular flexibility index (Phi) is 7.86. The summed E-state index contributed by atoms with van der Waals surface area (Å²) in [7, 11) is 1.39. The lowest BCUT2D eigenvalue weighted by Gasteiger charge is -2.09. The van der Waals surface area contributed by atoms with Crippen LogP contribution in [0.25, 0.3) is 0 Å². The second-order valence-electron chi connectivity index (χ2n) is 6.30. The van der Waals surface area contributed by atoms with Crippen molar-refractivity contribution in [2.24, 2.45) is 5.10 Å². The summed E-state index contributed by atoms with van der Waals surface area (Å²) in [4.78, 5) is 34.6. The van der Waals surface area contributed by atoms with Crippen molar-refractivity contribution in [2.75, 3.05) is 19.0 Å². The number of benzene rings is 2. The Hall–Kier alpha value is -3.95. The molecule has 2 aromatic rings. The van der Waals surface area contributed by atoms with Crippen molar-refractivity contribution in [1.82, 2.24) is 5.43 Å². The Balaban J connectivity index is 1.88. The number of anilines is 1. The number of ether oxygens (including phenoxy) is 2. The molecule has 2 amide bonds. The quantitative estimate of drug-likeness (QED) is 0.368. The van der Waals surface area contributed by atoms with Crippen molar-refractivity contribution in [2.45, 2.75) is 20.3 Å². The molecular weight excluding hydrogens is 392 g/mol.